The Hall–Kier alpha value is -1.69. The number of carbonyl (C=O) groups is 1. The molecular weight excluding hydrogens is 296 g/mol. The first-order chi connectivity index (χ1) is 10.6. The van der Waals surface area contributed by atoms with Crippen molar-refractivity contribution in [3.63, 3.8) is 0 Å². The third-order valence-electron chi connectivity index (χ3n) is 3.79. The number of hydrogen-bond acceptors (Lipinski definition) is 4. The van der Waals surface area contributed by atoms with Crippen molar-refractivity contribution >= 4 is 17.2 Å². The molecule has 0 radical (unpaired) electrons. The van der Waals surface area contributed by atoms with Crippen LogP contribution in [-0.2, 0) is 16.1 Å². The van der Waals surface area contributed by atoms with Crippen LogP contribution in [0.1, 0.15) is 11.8 Å². The topological polar surface area (TPSA) is 55.6 Å². The Balaban J connectivity index is 1.68. The van der Waals surface area contributed by atoms with Crippen molar-refractivity contribution in [1.29, 1.82) is 0 Å². The number of nitrogens with two attached hydrogens (primary N) is 1. The van der Waals surface area contributed by atoms with E-state index in [2.05, 4.69) is 28.5 Å². The second-order valence-electron chi connectivity index (χ2n) is 5.70. The van der Waals surface area contributed by atoms with Crippen LogP contribution in [-0.4, -0.2) is 36.1 Å². The van der Waals surface area contributed by atoms with Crippen molar-refractivity contribution in [3.8, 4) is 11.1 Å². The Morgan fingerprint density at radius 1 is 1.32 bits per heavy atom. The van der Waals surface area contributed by atoms with E-state index in [9.17, 15) is 4.79 Å². The number of carbonyl (C=O) groups excluding carboxylic acids is 1. The van der Waals surface area contributed by atoms with Gasteiger partial charge in [0.1, 0.15) is 6.10 Å². The van der Waals surface area contributed by atoms with Gasteiger partial charge in [0.15, 0.2) is 0 Å². The van der Waals surface area contributed by atoms with Crippen LogP contribution in [0.25, 0.3) is 11.1 Å². The van der Waals surface area contributed by atoms with Crippen LogP contribution in [0.3, 0.4) is 0 Å². The highest BCUT2D eigenvalue weighted by Gasteiger charge is 2.29. The Morgan fingerprint density at radius 2 is 2.09 bits per heavy atom. The normalized spacial score (nSPS) is 22.6. The maximum Gasteiger partial charge on any atom is 0.247 e. The van der Waals surface area contributed by atoms with Gasteiger partial charge in [0.05, 0.1) is 6.10 Å². The molecule has 1 aromatic carbocycles. The van der Waals surface area contributed by atoms with Crippen molar-refractivity contribution < 1.29 is 9.53 Å². The number of amides is 1. The van der Waals surface area contributed by atoms with Gasteiger partial charge in [-0.05, 0) is 29.5 Å². The van der Waals surface area contributed by atoms with E-state index in [0.29, 0.717) is 6.54 Å². The molecule has 1 amide bonds. The lowest BCUT2D eigenvalue weighted by molar-refractivity contribution is -0.142. The number of nitrogens with zero attached hydrogens (tertiary/aromatic N) is 1. The maximum absolute atomic E-state index is 11.4. The van der Waals surface area contributed by atoms with Gasteiger partial charge in [-0.2, -0.15) is 0 Å². The fourth-order valence-corrected chi connectivity index (χ4v) is 3.73. The Kier molecular flexibility index (Phi) is 4.57. The first-order valence-corrected chi connectivity index (χ1v) is 8.30. The van der Waals surface area contributed by atoms with Crippen LogP contribution in [0.4, 0.5) is 0 Å². The number of hydrogen-bond donors (Lipinski definition) is 1. The maximum atomic E-state index is 11.4. The molecule has 3 rings (SSSR count). The van der Waals surface area contributed by atoms with Gasteiger partial charge in [0.25, 0.3) is 0 Å². The number of ether oxygens (including phenoxy) is 1. The summed E-state index contributed by atoms with van der Waals surface area (Å²) in [5.74, 6) is -0.382. The van der Waals surface area contributed by atoms with Crippen molar-refractivity contribution in [1.82, 2.24) is 4.90 Å². The highest BCUT2D eigenvalue weighted by atomic mass is 32.1. The monoisotopic (exact) mass is 316 g/mol. The van der Waals surface area contributed by atoms with E-state index >= 15 is 0 Å². The number of benzene rings is 1. The van der Waals surface area contributed by atoms with Gasteiger partial charge in [-0.15, -0.1) is 11.3 Å². The summed E-state index contributed by atoms with van der Waals surface area (Å²) in [5, 5.41) is 2.18. The molecule has 116 valence electrons. The Morgan fingerprint density at radius 3 is 2.82 bits per heavy atom. The first-order valence-electron chi connectivity index (χ1n) is 7.42. The molecule has 0 aliphatic carbocycles. The minimum absolute atomic E-state index is 0.0276. The zero-order valence-corrected chi connectivity index (χ0v) is 13.4. The standard InChI is InChI=1S/C17H20N2O2S/c1-12-8-19(10-16(21-12)17(18)20)9-15-7-14(11-22-15)13-5-3-2-4-6-13/h2-7,11-12,16H,8-10H2,1H3,(H2,18,20)/t12-,16?/m1/s1. The van der Waals surface area contributed by atoms with Crippen LogP contribution >= 0.6 is 11.3 Å². The average Bonchev–Trinajstić information content (AvgIpc) is 2.96. The van der Waals surface area contributed by atoms with Crippen molar-refractivity contribution in [2.24, 2.45) is 5.73 Å². The number of primary amides is 1. The number of morpholine rings is 1. The molecule has 22 heavy (non-hydrogen) atoms. The molecular formula is C17H20N2O2S. The molecule has 2 aromatic rings. The van der Waals surface area contributed by atoms with E-state index < -0.39 is 6.10 Å². The lowest BCUT2D eigenvalue weighted by atomic mass is 10.1. The fourth-order valence-electron chi connectivity index (χ4n) is 2.79. The summed E-state index contributed by atoms with van der Waals surface area (Å²) in [4.78, 5) is 14.9. The van der Waals surface area contributed by atoms with Crippen molar-refractivity contribution in [2.75, 3.05) is 13.1 Å². The molecule has 2 atom stereocenters. The van der Waals surface area contributed by atoms with E-state index in [0.717, 1.165) is 13.1 Å². The number of thiophene rings is 1. The smallest absolute Gasteiger partial charge is 0.247 e. The van der Waals surface area contributed by atoms with Gasteiger partial charge < -0.3 is 10.5 Å². The third kappa shape index (κ3) is 3.55. The third-order valence-corrected chi connectivity index (χ3v) is 4.72. The van der Waals surface area contributed by atoms with Gasteiger partial charge >= 0.3 is 0 Å². The molecule has 1 saturated heterocycles. The minimum Gasteiger partial charge on any atom is -0.367 e. The van der Waals surface area contributed by atoms with Gasteiger partial charge in [0, 0.05) is 24.5 Å². The zero-order chi connectivity index (χ0) is 15.5. The van der Waals surface area contributed by atoms with Crippen molar-refractivity contribution in [2.45, 2.75) is 25.7 Å². The highest BCUT2D eigenvalue weighted by Crippen LogP contribution is 2.27. The van der Waals surface area contributed by atoms with Gasteiger partial charge in [-0.25, -0.2) is 0 Å². The zero-order valence-electron chi connectivity index (χ0n) is 12.6. The summed E-state index contributed by atoms with van der Waals surface area (Å²) in [5.41, 5.74) is 7.85. The lowest BCUT2D eigenvalue weighted by Crippen LogP contribution is -2.51. The number of rotatable bonds is 4. The second kappa shape index (κ2) is 6.60. The first kappa shape index (κ1) is 15.2. The van der Waals surface area contributed by atoms with Crippen molar-refractivity contribution in [3.05, 3.63) is 46.7 Å². The molecule has 1 unspecified atom stereocenters. The van der Waals surface area contributed by atoms with E-state index in [1.807, 2.05) is 25.1 Å². The lowest BCUT2D eigenvalue weighted by Gasteiger charge is -2.35. The molecule has 0 spiro atoms. The molecule has 0 bridgehead atoms. The van der Waals surface area contributed by atoms with Gasteiger partial charge in [-0.1, -0.05) is 30.3 Å². The summed E-state index contributed by atoms with van der Waals surface area (Å²) < 4.78 is 5.58. The van der Waals surface area contributed by atoms with Crippen LogP contribution in [0.15, 0.2) is 41.8 Å². The summed E-state index contributed by atoms with van der Waals surface area (Å²) in [6, 6.07) is 12.6. The predicted molar refractivity (Wildman–Crippen MR) is 88.6 cm³/mol. The molecule has 1 fully saturated rings. The van der Waals surface area contributed by atoms with E-state index in [1.54, 1.807) is 11.3 Å². The van der Waals surface area contributed by atoms with Crippen LogP contribution in [0.2, 0.25) is 0 Å². The molecule has 5 heteroatoms. The quantitative estimate of drug-likeness (QED) is 0.943. The molecule has 1 aliphatic rings. The van der Waals surface area contributed by atoms with Crippen LogP contribution in [0.5, 0.6) is 0 Å². The molecule has 1 aliphatic heterocycles. The molecule has 4 nitrogen and oxygen atoms in total. The summed E-state index contributed by atoms with van der Waals surface area (Å²) in [6.07, 6.45) is -0.475. The molecule has 2 heterocycles. The summed E-state index contributed by atoms with van der Waals surface area (Å²) in [7, 11) is 0. The van der Waals surface area contributed by atoms with Gasteiger partial charge in [0.2, 0.25) is 5.91 Å². The molecule has 0 saturated carbocycles. The Labute approximate surface area is 134 Å². The highest BCUT2D eigenvalue weighted by molar-refractivity contribution is 7.10. The van der Waals surface area contributed by atoms with Crippen LogP contribution < -0.4 is 5.73 Å². The fraction of sp³-hybridized carbons (Fsp3) is 0.353. The second-order valence-corrected chi connectivity index (χ2v) is 6.70. The molecule has 1 aromatic heterocycles. The van der Waals surface area contributed by atoms with E-state index in [-0.39, 0.29) is 12.0 Å². The van der Waals surface area contributed by atoms with E-state index in [4.69, 9.17) is 10.5 Å². The van der Waals surface area contributed by atoms with Gasteiger partial charge in [-0.3, -0.25) is 9.69 Å². The van der Waals surface area contributed by atoms with Crippen LogP contribution in [0, 0.1) is 0 Å². The largest absolute Gasteiger partial charge is 0.367 e. The summed E-state index contributed by atoms with van der Waals surface area (Å²) in [6.45, 7) is 4.20. The molecule has 2 N–H and O–H groups in total. The predicted octanol–water partition coefficient (Wildman–Crippen LogP) is 2.49. The SMILES string of the molecule is C[C@@H]1CN(Cc2cc(-c3ccccc3)cs2)CC(C(N)=O)O1. The minimum atomic E-state index is -0.502. The Bertz CT molecular complexity index is 641. The average molecular weight is 316 g/mol. The summed E-state index contributed by atoms with van der Waals surface area (Å²) >= 11 is 1.75. The van der Waals surface area contributed by atoms with E-state index in [1.165, 1.54) is 16.0 Å².